The van der Waals surface area contributed by atoms with Gasteiger partial charge in [0.05, 0.1) is 10.9 Å². The van der Waals surface area contributed by atoms with Gasteiger partial charge in [0.2, 0.25) is 0 Å². The Morgan fingerprint density at radius 3 is 2.37 bits per heavy atom. The van der Waals surface area contributed by atoms with Crippen molar-refractivity contribution in [3.8, 4) is 0 Å². The highest BCUT2D eigenvalue weighted by Crippen LogP contribution is 2.40. The molecule has 0 aliphatic rings. The summed E-state index contributed by atoms with van der Waals surface area (Å²) in [6.07, 6.45) is 0.514. The Bertz CT molecular complexity index is 557. The molecule has 0 aromatic heterocycles. The third-order valence-electron chi connectivity index (χ3n) is 2.68. The van der Waals surface area contributed by atoms with Crippen LogP contribution in [0.15, 0.2) is 59.5 Å². The van der Waals surface area contributed by atoms with Gasteiger partial charge in [-0.25, -0.2) is 0 Å². The van der Waals surface area contributed by atoms with E-state index in [0.717, 1.165) is 15.5 Å². The average Bonchev–Trinajstić information content (AvgIpc) is 2.41. The van der Waals surface area contributed by atoms with Gasteiger partial charge in [0, 0.05) is 16.6 Å². The van der Waals surface area contributed by atoms with Gasteiger partial charge in [0.25, 0.3) is 0 Å². The fourth-order valence-electron chi connectivity index (χ4n) is 1.79. The van der Waals surface area contributed by atoms with Crippen molar-refractivity contribution in [1.82, 2.24) is 0 Å². The van der Waals surface area contributed by atoms with Crippen LogP contribution in [0.3, 0.4) is 0 Å². The number of hydrogen-bond acceptors (Lipinski definition) is 2. The van der Waals surface area contributed by atoms with Crippen LogP contribution in [0.1, 0.15) is 17.2 Å². The second-order valence-corrected chi connectivity index (χ2v) is 5.83. The van der Waals surface area contributed by atoms with Crippen LogP contribution in [0, 0.1) is 5.41 Å². The maximum absolute atomic E-state index is 7.53. The summed E-state index contributed by atoms with van der Waals surface area (Å²) in [5.41, 5.74) is 6.71. The Hall–Kier alpha value is -1.45. The predicted octanol–water partition coefficient (Wildman–Crippen LogP) is 4.50. The first kappa shape index (κ1) is 14.0. The second-order valence-electron chi connectivity index (χ2n) is 4.18. The third kappa shape index (κ3) is 4.01. The van der Waals surface area contributed by atoms with Gasteiger partial charge in [-0.1, -0.05) is 54.1 Å². The van der Waals surface area contributed by atoms with Crippen LogP contribution in [0.5, 0.6) is 0 Å². The first-order chi connectivity index (χ1) is 9.16. The van der Waals surface area contributed by atoms with E-state index >= 15 is 0 Å². The van der Waals surface area contributed by atoms with Gasteiger partial charge in [-0.15, -0.1) is 11.8 Å². The van der Waals surface area contributed by atoms with E-state index in [1.165, 1.54) is 0 Å². The van der Waals surface area contributed by atoms with Gasteiger partial charge < -0.3 is 5.73 Å². The Balaban J connectivity index is 2.24. The number of hydrogen-bond donors (Lipinski definition) is 2. The largest absolute Gasteiger partial charge is 0.388 e. The molecular weight excluding hydrogens is 276 g/mol. The minimum absolute atomic E-state index is 0.110. The van der Waals surface area contributed by atoms with E-state index < -0.39 is 0 Å². The molecule has 2 nitrogen and oxygen atoms in total. The van der Waals surface area contributed by atoms with Crippen molar-refractivity contribution in [3.63, 3.8) is 0 Å². The lowest BCUT2D eigenvalue weighted by Gasteiger charge is -2.17. The summed E-state index contributed by atoms with van der Waals surface area (Å²) in [5, 5.41) is 8.37. The first-order valence-electron chi connectivity index (χ1n) is 5.96. The van der Waals surface area contributed by atoms with Crippen LogP contribution >= 0.6 is 23.4 Å². The van der Waals surface area contributed by atoms with Gasteiger partial charge in [-0.3, -0.25) is 5.41 Å². The fourth-order valence-corrected chi connectivity index (χ4v) is 3.26. The average molecular weight is 291 g/mol. The molecule has 0 aliphatic heterocycles. The molecular formula is C15H15ClN2S. The maximum Gasteiger partial charge on any atom is 0.0920 e. The van der Waals surface area contributed by atoms with Gasteiger partial charge >= 0.3 is 0 Å². The minimum Gasteiger partial charge on any atom is -0.388 e. The Labute approximate surface area is 122 Å². The molecule has 0 radical (unpaired) electrons. The third-order valence-corrected chi connectivity index (χ3v) is 4.46. The van der Waals surface area contributed by atoms with Crippen LogP contribution in [0.2, 0.25) is 5.02 Å². The summed E-state index contributed by atoms with van der Waals surface area (Å²) in [7, 11) is 0. The summed E-state index contributed by atoms with van der Waals surface area (Å²) in [6.45, 7) is 0. The lowest BCUT2D eigenvalue weighted by Crippen LogP contribution is -2.13. The van der Waals surface area contributed by atoms with Gasteiger partial charge in [0.1, 0.15) is 0 Å². The summed E-state index contributed by atoms with van der Waals surface area (Å²) in [4.78, 5) is 1.01. The highest BCUT2D eigenvalue weighted by molar-refractivity contribution is 7.99. The molecule has 2 aromatic rings. The van der Waals surface area contributed by atoms with Crippen molar-refractivity contribution in [1.29, 1.82) is 5.41 Å². The van der Waals surface area contributed by atoms with Crippen molar-refractivity contribution >= 4 is 29.2 Å². The lowest BCUT2D eigenvalue weighted by molar-refractivity contribution is 0.985. The monoisotopic (exact) mass is 290 g/mol. The molecule has 0 bridgehead atoms. The molecule has 0 heterocycles. The fraction of sp³-hybridized carbons (Fsp3) is 0.133. The molecule has 0 saturated heterocycles. The second kappa shape index (κ2) is 6.64. The molecule has 2 aromatic carbocycles. The number of nitrogens with one attached hydrogen (secondary N) is 1. The molecule has 0 amide bonds. The van der Waals surface area contributed by atoms with Crippen molar-refractivity contribution < 1.29 is 0 Å². The predicted molar refractivity (Wildman–Crippen MR) is 83.0 cm³/mol. The van der Waals surface area contributed by atoms with E-state index in [1.54, 1.807) is 11.8 Å². The highest BCUT2D eigenvalue weighted by Gasteiger charge is 2.15. The van der Waals surface area contributed by atoms with Crippen molar-refractivity contribution in [3.05, 3.63) is 65.2 Å². The lowest BCUT2D eigenvalue weighted by atomic mass is 10.1. The summed E-state index contributed by atoms with van der Waals surface area (Å²) in [6, 6.07) is 17.8. The molecule has 98 valence electrons. The number of thioether (sulfide) groups is 1. The van der Waals surface area contributed by atoms with E-state index in [2.05, 4.69) is 12.1 Å². The quantitative estimate of drug-likeness (QED) is 0.484. The van der Waals surface area contributed by atoms with Crippen molar-refractivity contribution in [2.75, 3.05) is 0 Å². The van der Waals surface area contributed by atoms with Crippen LogP contribution in [0.4, 0.5) is 0 Å². The smallest absolute Gasteiger partial charge is 0.0920 e. The van der Waals surface area contributed by atoms with Crippen LogP contribution in [-0.4, -0.2) is 5.84 Å². The summed E-state index contributed by atoms with van der Waals surface area (Å²) in [5.74, 6) is 0.188. The molecule has 0 spiro atoms. The number of nitrogens with two attached hydrogens (primary N) is 1. The molecule has 0 fully saturated rings. The van der Waals surface area contributed by atoms with Crippen LogP contribution in [-0.2, 0) is 0 Å². The van der Waals surface area contributed by atoms with Gasteiger partial charge in [-0.2, -0.15) is 0 Å². The molecule has 0 saturated carbocycles. The zero-order valence-corrected chi connectivity index (χ0v) is 11.9. The Morgan fingerprint density at radius 1 is 1.11 bits per heavy atom. The molecule has 19 heavy (non-hydrogen) atoms. The number of amidine groups is 1. The molecule has 0 aliphatic carbocycles. The number of halogens is 1. The first-order valence-corrected chi connectivity index (χ1v) is 7.21. The maximum atomic E-state index is 7.53. The van der Waals surface area contributed by atoms with E-state index in [-0.39, 0.29) is 11.1 Å². The SMILES string of the molecule is N=C(N)CC(Sc1ccccc1Cl)c1ccccc1. The van der Waals surface area contributed by atoms with Crippen molar-refractivity contribution in [2.45, 2.75) is 16.6 Å². The minimum atomic E-state index is 0.110. The summed E-state index contributed by atoms with van der Waals surface area (Å²) < 4.78 is 0. The zero-order valence-electron chi connectivity index (χ0n) is 10.3. The van der Waals surface area contributed by atoms with Crippen LogP contribution in [0.25, 0.3) is 0 Å². The van der Waals surface area contributed by atoms with E-state index in [0.29, 0.717) is 6.42 Å². The normalized spacial score (nSPS) is 12.1. The van der Waals surface area contributed by atoms with E-state index in [1.807, 2.05) is 42.5 Å². The van der Waals surface area contributed by atoms with Gasteiger partial charge in [0.15, 0.2) is 0 Å². The zero-order chi connectivity index (χ0) is 13.7. The highest BCUT2D eigenvalue weighted by atomic mass is 35.5. The molecule has 1 atom stereocenters. The number of benzene rings is 2. The summed E-state index contributed by atoms with van der Waals surface area (Å²) >= 11 is 7.83. The molecule has 3 N–H and O–H groups in total. The Kier molecular flexibility index (Phi) is 4.88. The van der Waals surface area contributed by atoms with E-state index in [4.69, 9.17) is 22.7 Å². The topological polar surface area (TPSA) is 49.9 Å². The van der Waals surface area contributed by atoms with E-state index in [9.17, 15) is 0 Å². The number of rotatable bonds is 5. The molecule has 1 unspecified atom stereocenters. The van der Waals surface area contributed by atoms with Gasteiger partial charge in [-0.05, 0) is 17.7 Å². The Morgan fingerprint density at radius 2 is 1.74 bits per heavy atom. The van der Waals surface area contributed by atoms with Crippen LogP contribution < -0.4 is 5.73 Å². The van der Waals surface area contributed by atoms with Crippen molar-refractivity contribution in [2.24, 2.45) is 5.73 Å². The molecule has 4 heteroatoms. The molecule has 2 rings (SSSR count). The standard InChI is InChI=1S/C15H15ClN2S/c16-12-8-4-5-9-13(12)19-14(10-15(17)18)11-6-2-1-3-7-11/h1-9,14H,10H2,(H3,17,18).